The van der Waals surface area contributed by atoms with E-state index in [0.29, 0.717) is 5.82 Å². The van der Waals surface area contributed by atoms with Crippen molar-refractivity contribution in [2.75, 3.05) is 10.2 Å². The van der Waals surface area contributed by atoms with Gasteiger partial charge in [0, 0.05) is 18.8 Å². The van der Waals surface area contributed by atoms with E-state index in [9.17, 15) is 22.8 Å². The second kappa shape index (κ2) is 7.74. The summed E-state index contributed by atoms with van der Waals surface area (Å²) in [5.41, 5.74) is -1.69. The van der Waals surface area contributed by atoms with Gasteiger partial charge in [0.2, 0.25) is 0 Å². The van der Waals surface area contributed by atoms with Crippen LogP contribution < -0.4 is 10.2 Å². The number of imide groups is 1. The van der Waals surface area contributed by atoms with Crippen molar-refractivity contribution >= 4 is 23.4 Å². The lowest BCUT2D eigenvalue weighted by Gasteiger charge is -2.27. The summed E-state index contributed by atoms with van der Waals surface area (Å²) in [6, 6.07) is 8.88. The summed E-state index contributed by atoms with van der Waals surface area (Å²) in [7, 11) is 0. The van der Waals surface area contributed by atoms with Crippen molar-refractivity contribution in [1.82, 2.24) is 9.88 Å². The Labute approximate surface area is 190 Å². The van der Waals surface area contributed by atoms with E-state index < -0.39 is 29.1 Å². The highest BCUT2D eigenvalue weighted by Gasteiger charge is 2.64. The number of halogens is 3. The molecule has 6 nitrogen and oxygen atoms in total. The molecule has 1 aliphatic carbocycles. The van der Waals surface area contributed by atoms with Crippen molar-refractivity contribution in [1.29, 1.82) is 0 Å². The second-order valence-corrected chi connectivity index (χ2v) is 9.54. The van der Waals surface area contributed by atoms with E-state index in [1.165, 1.54) is 29.2 Å². The third-order valence-electron chi connectivity index (χ3n) is 6.40. The highest BCUT2D eigenvalue weighted by Crippen LogP contribution is 2.59. The van der Waals surface area contributed by atoms with E-state index >= 15 is 0 Å². The number of hydrogen-bond donors (Lipinski definition) is 1. The topological polar surface area (TPSA) is 65.5 Å². The van der Waals surface area contributed by atoms with E-state index in [1.54, 1.807) is 26.1 Å². The molecule has 1 N–H and O–H groups in total. The Balaban J connectivity index is 1.58. The number of hydrogen-bond acceptors (Lipinski definition) is 4. The molecule has 4 rings (SSSR count). The van der Waals surface area contributed by atoms with Crippen molar-refractivity contribution in [3.63, 3.8) is 0 Å². The average molecular weight is 461 g/mol. The van der Waals surface area contributed by atoms with Crippen LogP contribution in [0.15, 0.2) is 42.6 Å². The molecule has 33 heavy (non-hydrogen) atoms. The van der Waals surface area contributed by atoms with E-state index in [-0.39, 0.29) is 36.7 Å². The predicted octanol–water partition coefficient (Wildman–Crippen LogP) is 5.24. The molecule has 9 heteroatoms. The number of benzene rings is 1. The summed E-state index contributed by atoms with van der Waals surface area (Å²) >= 11 is 0. The fraction of sp³-hybridized carbons (Fsp3) is 0.458. The number of rotatable bonds is 6. The second-order valence-electron chi connectivity index (χ2n) is 9.54. The zero-order valence-corrected chi connectivity index (χ0v) is 19.0. The van der Waals surface area contributed by atoms with Gasteiger partial charge in [-0.05, 0) is 75.9 Å². The van der Waals surface area contributed by atoms with Crippen LogP contribution in [0.1, 0.15) is 51.7 Å². The number of alkyl halides is 3. The Kier molecular flexibility index (Phi) is 5.41. The highest BCUT2D eigenvalue weighted by molar-refractivity contribution is 6.22. The third kappa shape index (κ3) is 3.94. The first-order valence-electron chi connectivity index (χ1n) is 10.9. The van der Waals surface area contributed by atoms with Gasteiger partial charge in [0.15, 0.2) is 0 Å². The Morgan fingerprint density at radius 3 is 2.27 bits per heavy atom. The van der Waals surface area contributed by atoms with Crippen LogP contribution >= 0.6 is 0 Å². The first-order chi connectivity index (χ1) is 15.4. The van der Waals surface area contributed by atoms with E-state index in [1.807, 2.05) is 19.9 Å². The number of amides is 3. The van der Waals surface area contributed by atoms with Crippen LogP contribution in [0.4, 0.5) is 29.5 Å². The van der Waals surface area contributed by atoms with Crippen LogP contribution in [0.2, 0.25) is 0 Å². The normalized spacial score (nSPS) is 19.4. The maximum absolute atomic E-state index is 13.4. The Morgan fingerprint density at radius 2 is 1.73 bits per heavy atom. The molecule has 0 atom stereocenters. The van der Waals surface area contributed by atoms with Gasteiger partial charge in [-0.15, -0.1) is 0 Å². The molecular weight excluding hydrogens is 433 g/mol. The van der Waals surface area contributed by atoms with E-state index in [0.717, 1.165) is 10.5 Å². The molecule has 1 saturated heterocycles. The van der Waals surface area contributed by atoms with Gasteiger partial charge in [0.1, 0.15) is 11.4 Å². The summed E-state index contributed by atoms with van der Waals surface area (Å²) in [4.78, 5) is 33.2. The molecule has 2 fully saturated rings. The lowest BCUT2D eigenvalue weighted by atomic mass is 9.95. The molecule has 1 aromatic heterocycles. The van der Waals surface area contributed by atoms with Gasteiger partial charge in [-0.25, -0.2) is 14.7 Å². The maximum Gasteiger partial charge on any atom is 0.398 e. The Morgan fingerprint density at radius 1 is 1.09 bits per heavy atom. The van der Waals surface area contributed by atoms with Gasteiger partial charge in [0.05, 0.1) is 11.1 Å². The molecule has 2 aliphatic rings. The molecule has 0 spiro atoms. The fourth-order valence-electron chi connectivity index (χ4n) is 4.25. The molecule has 176 valence electrons. The minimum atomic E-state index is -4.32. The summed E-state index contributed by atoms with van der Waals surface area (Å²) in [6.07, 6.45) is -2.57. The van der Waals surface area contributed by atoms with Crippen LogP contribution in [-0.2, 0) is 16.8 Å². The Bertz CT molecular complexity index is 1080. The van der Waals surface area contributed by atoms with Gasteiger partial charge in [-0.3, -0.25) is 4.79 Å². The van der Waals surface area contributed by atoms with Crippen LogP contribution in [0, 0.1) is 0 Å². The van der Waals surface area contributed by atoms with Gasteiger partial charge < -0.3 is 10.2 Å². The number of nitrogens with zero attached hydrogens (tertiary/aromatic N) is 3. The molecule has 1 aliphatic heterocycles. The monoisotopic (exact) mass is 460 g/mol. The van der Waals surface area contributed by atoms with Crippen LogP contribution in [0.3, 0.4) is 0 Å². The van der Waals surface area contributed by atoms with Gasteiger partial charge in [-0.2, -0.15) is 13.2 Å². The van der Waals surface area contributed by atoms with Crippen LogP contribution in [-0.4, -0.2) is 39.6 Å². The molecular formula is C24H27F3N4O2. The summed E-state index contributed by atoms with van der Waals surface area (Å²) in [6.45, 7) is 7.50. The van der Waals surface area contributed by atoms with E-state index in [4.69, 9.17) is 0 Å². The van der Waals surface area contributed by atoms with E-state index in [2.05, 4.69) is 10.3 Å². The molecule has 2 aromatic rings. The first-order valence-corrected chi connectivity index (χ1v) is 10.9. The minimum absolute atomic E-state index is 0.0534. The number of urea groups is 1. The summed E-state index contributed by atoms with van der Waals surface area (Å²) < 4.78 is 40.3. The number of carbonyl (C=O) groups is 2. The van der Waals surface area contributed by atoms with Crippen molar-refractivity contribution in [3.05, 3.63) is 53.7 Å². The zero-order valence-electron chi connectivity index (χ0n) is 19.0. The molecule has 3 amide bonds. The van der Waals surface area contributed by atoms with Crippen LogP contribution in [0.5, 0.6) is 0 Å². The number of carbonyl (C=O) groups excluding carboxylic acids is 2. The number of pyridine rings is 1. The lowest BCUT2D eigenvalue weighted by molar-refractivity contribution is -0.160. The van der Waals surface area contributed by atoms with Gasteiger partial charge >= 0.3 is 12.2 Å². The van der Waals surface area contributed by atoms with Gasteiger partial charge in [0.25, 0.3) is 5.91 Å². The largest absolute Gasteiger partial charge is 0.398 e. The summed E-state index contributed by atoms with van der Waals surface area (Å²) in [5, 5.41) is 3.21. The molecule has 0 bridgehead atoms. The van der Waals surface area contributed by atoms with Crippen molar-refractivity contribution in [3.8, 4) is 0 Å². The average Bonchev–Trinajstić information content (AvgIpc) is 3.52. The SMILES string of the molecule is CC(C)Nc1cc(CN2C(=O)N(c3ccc(C4(C(F)(F)F)CC4)cc3)C(=O)C2(C)C)ccn1. The standard InChI is InChI=1S/C24H27F3N4O2/c1-15(2)29-19-13-16(9-12-28-19)14-30-21(33)31(20(32)22(30,3)4)18-7-5-17(6-8-18)23(10-11-23)24(25,26)27/h5-9,12-13,15H,10-11,14H2,1-4H3,(H,28,29). The Hall–Kier alpha value is -3.10. The summed E-state index contributed by atoms with van der Waals surface area (Å²) in [5.74, 6) is 0.246. The quantitative estimate of drug-likeness (QED) is 0.599. The molecule has 1 saturated carbocycles. The first kappa shape index (κ1) is 23.1. The van der Waals surface area contributed by atoms with Crippen molar-refractivity contribution < 1.29 is 22.8 Å². The number of anilines is 2. The number of aromatic nitrogens is 1. The minimum Gasteiger partial charge on any atom is -0.368 e. The highest BCUT2D eigenvalue weighted by atomic mass is 19.4. The van der Waals surface area contributed by atoms with Crippen LogP contribution in [0.25, 0.3) is 0 Å². The third-order valence-corrected chi connectivity index (χ3v) is 6.40. The lowest BCUT2D eigenvalue weighted by Crippen LogP contribution is -2.43. The van der Waals surface area contributed by atoms with Crippen molar-refractivity contribution in [2.24, 2.45) is 0 Å². The smallest absolute Gasteiger partial charge is 0.368 e. The molecule has 1 aromatic carbocycles. The zero-order chi connectivity index (χ0) is 24.2. The molecule has 0 unspecified atom stereocenters. The fourth-order valence-corrected chi connectivity index (χ4v) is 4.25. The number of nitrogens with one attached hydrogen (secondary N) is 1. The van der Waals surface area contributed by atoms with Crippen molar-refractivity contribution in [2.45, 2.75) is 70.3 Å². The predicted molar refractivity (Wildman–Crippen MR) is 119 cm³/mol. The molecule has 0 radical (unpaired) electrons. The molecule has 2 heterocycles. The van der Waals surface area contributed by atoms with Gasteiger partial charge in [-0.1, -0.05) is 12.1 Å². The maximum atomic E-state index is 13.4.